The highest BCUT2D eigenvalue weighted by Crippen LogP contribution is 2.23. The number of piperidine rings is 1. The van der Waals surface area contributed by atoms with Crippen LogP contribution in [0.2, 0.25) is 0 Å². The summed E-state index contributed by atoms with van der Waals surface area (Å²) in [6.45, 7) is 8.88. The van der Waals surface area contributed by atoms with Gasteiger partial charge < -0.3 is 9.47 Å². The molecule has 0 N–H and O–H groups in total. The molecule has 2 heterocycles. The molecule has 2 aromatic rings. The van der Waals surface area contributed by atoms with Gasteiger partial charge in [-0.2, -0.15) is 0 Å². The smallest absolute Gasteiger partial charge is 0.233 e. The van der Waals surface area contributed by atoms with Gasteiger partial charge in [-0.3, -0.25) is 4.79 Å². The number of carbonyl (C=O) groups excluding carboxylic acids is 1. The van der Waals surface area contributed by atoms with Gasteiger partial charge in [-0.05, 0) is 30.7 Å². The van der Waals surface area contributed by atoms with Crippen molar-refractivity contribution in [1.82, 2.24) is 19.7 Å². The molecular weight excluding hydrogens is 332 g/mol. The van der Waals surface area contributed by atoms with E-state index in [1.165, 1.54) is 23.7 Å². The molecule has 5 nitrogen and oxygen atoms in total. The molecule has 0 radical (unpaired) electrons. The van der Waals surface area contributed by atoms with Gasteiger partial charge >= 0.3 is 0 Å². The Labute approximate surface area is 153 Å². The van der Waals surface area contributed by atoms with Crippen molar-refractivity contribution in [1.29, 1.82) is 0 Å². The van der Waals surface area contributed by atoms with E-state index >= 15 is 0 Å². The van der Waals surface area contributed by atoms with Crippen LogP contribution in [0.3, 0.4) is 0 Å². The highest BCUT2D eigenvalue weighted by atomic mass is 32.2. The van der Waals surface area contributed by atoms with Gasteiger partial charge in [-0.1, -0.05) is 55.9 Å². The first-order valence-corrected chi connectivity index (χ1v) is 9.85. The van der Waals surface area contributed by atoms with E-state index in [4.69, 9.17) is 0 Å². The fraction of sp³-hybridized carbons (Fsp3) is 0.526. The zero-order chi connectivity index (χ0) is 17.8. The number of thioether (sulfide) groups is 1. The molecule has 134 valence electrons. The number of aromatic nitrogens is 3. The molecule has 6 heteroatoms. The zero-order valence-corrected chi connectivity index (χ0v) is 16.0. The fourth-order valence-electron chi connectivity index (χ4n) is 3.50. The summed E-state index contributed by atoms with van der Waals surface area (Å²) in [5, 5.41) is 9.27. The largest absolute Gasteiger partial charge is 0.341 e. The number of carbonyl (C=O) groups is 1. The lowest BCUT2D eigenvalue weighted by Crippen LogP contribution is -2.43. The first kappa shape index (κ1) is 18.0. The maximum Gasteiger partial charge on any atom is 0.233 e. The van der Waals surface area contributed by atoms with E-state index in [1.54, 1.807) is 0 Å². The third-order valence-electron chi connectivity index (χ3n) is 4.63. The Bertz CT molecular complexity index is 705. The van der Waals surface area contributed by atoms with Gasteiger partial charge in [0, 0.05) is 13.1 Å². The topological polar surface area (TPSA) is 51.0 Å². The molecule has 0 unspecified atom stereocenters. The summed E-state index contributed by atoms with van der Waals surface area (Å²) in [7, 11) is 0. The highest BCUT2D eigenvalue weighted by molar-refractivity contribution is 7.99. The van der Waals surface area contributed by atoms with Crippen molar-refractivity contribution in [2.45, 2.75) is 38.9 Å². The van der Waals surface area contributed by atoms with Crippen molar-refractivity contribution < 1.29 is 4.79 Å². The molecule has 2 atom stereocenters. The second-order valence-electron chi connectivity index (χ2n) is 7.13. The third-order valence-corrected chi connectivity index (χ3v) is 5.58. The van der Waals surface area contributed by atoms with Crippen LogP contribution >= 0.6 is 11.8 Å². The van der Waals surface area contributed by atoms with E-state index in [-0.39, 0.29) is 5.91 Å². The van der Waals surface area contributed by atoms with E-state index in [0.29, 0.717) is 17.6 Å². The molecule has 0 aliphatic carbocycles. The molecule has 1 saturated heterocycles. The number of amides is 1. The Morgan fingerprint density at radius 2 is 1.84 bits per heavy atom. The van der Waals surface area contributed by atoms with E-state index in [1.807, 2.05) is 30.0 Å². The van der Waals surface area contributed by atoms with Crippen LogP contribution < -0.4 is 0 Å². The number of hydrogen-bond donors (Lipinski definition) is 0. The number of rotatable bonds is 5. The molecule has 1 aromatic heterocycles. The van der Waals surface area contributed by atoms with Crippen molar-refractivity contribution >= 4 is 17.7 Å². The van der Waals surface area contributed by atoms with Crippen molar-refractivity contribution in [3.05, 3.63) is 41.7 Å². The van der Waals surface area contributed by atoms with Gasteiger partial charge in [-0.25, -0.2) is 0 Å². The maximum absolute atomic E-state index is 12.6. The predicted octanol–water partition coefficient (Wildman–Crippen LogP) is 3.23. The number of likely N-dealkylation sites (tertiary alicyclic amines) is 1. The van der Waals surface area contributed by atoms with E-state index in [0.717, 1.165) is 30.6 Å². The van der Waals surface area contributed by atoms with E-state index in [2.05, 4.69) is 40.7 Å². The van der Waals surface area contributed by atoms with Crippen LogP contribution in [0.5, 0.6) is 0 Å². The molecule has 0 saturated carbocycles. The molecule has 1 aliphatic heterocycles. The van der Waals surface area contributed by atoms with Crippen LogP contribution in [0.15, 0.2) is 35.5 Å². The van der Waals surface area contributed by atoms with Crippen molar-refractivity contribution in [3.63, 3.8) is 0 Å². The summed E-state index contributed by atoms with van der Waals surface area (Å²) in [6.07, 6.45) is 1.21. The SMILES string of the molecule is Cc1nnc(SCC(=O)N2C[C@H](C)C[C@@H](C)C2)n1Cc1ccccc1. The average molecular weight is 359 g/mol. The summed E-state index contributed by atoms with van der Waals surface area (Å²) < 4.78 is 2.08. The molecule has 0 bridgehead atoms. The molecule has 3 rings (SSSR count). The second-order valence-corrected chi connectivity index (χ2v) is 8.08. The normalized spacial score (nSPS) is 20.7. The summed E-state index contributed by atoms with van der Waals surface area (Å²) in [4.78, 5) is 14.6. The van der Waals surface area contributed by atoms with Gasteiger partial charge in [0.05, 0.1) is 12.3 Å². The Hall–Kier alpha value is -1.82. The summed E-state index contributed by atoms with van der Waals surface area (Å²) >= 11 is 1.49. The third kappa shape index (κ3) is 4.63. The Morgan fingerprint density at radius 1 is 1.16 bits per heavy atom. The Morgan fingerprint density at radius 3 is 2.52 bits per heavy atom. The van der Waals surface area contributed by atoms with Crippen LogP contribution in [0.25, 0.3) is 0 Å². The van der Waals surface area contributed by atoms with Crippen molar-refractivity contribution in [3.8, 4) is 0 Å². The minimum atomic E-state index is 0.204. The lowest BCUT2D eigenvalue weighted by atomic mass is 9.92. The molecule has 1 aliphatic rings. The molecule has 1 aromatic carbocycles. The molecule has 0 spiro atoms. The predicted molar refractivity (Wildman–Crippen MR) is 101 cm³/mol. The van der Waals surface area contributed by atoms with Gasteiger partial charge in [0.1, 0.15) is 5.82 Å². The average Bonchev–Trinajstić information content (AvgIpc) is 2.93. The second kappa shape index (κ2) is 8.04. The van der Waals surface area contributed by atoms with E-state index in [9.17, 15) is 4.79 Å². The van der Waals surface area contributed by atoms with Gasteiger partial charge in [-0.15, -0.1) is 10.2 Å². The summed E-state index contributed by atoms with van der Waals surface area (Å²) in [6, 6.07) is 10.3. The maximum atomic E-state index is 12.6. The number of aryl methyl sites for hydroxylation is 1. The minimum absolute atomic E-state index is 0.204. The fourth-order valence-corrected chi connectivity index (χ4v) is 4.39. The van der Waals surface area contributed by atoms with Crippen molar-refractivity contribution in [2.24, 2.45) is 11.8 Å². The number of benzene rings is 1. The summed E-state index contributed by atoms with van der Waals surface area (Å²) in [5.41, 5.74) is 1.21. The highest BCUT2D eigenvalue weighted by Gasteiger charge is 2.25. The van der Waals surface area contributed by atoms with Crippen molar-refractivity contribution in [2.75, 3.05) is 18.8 Å². The number of hydrogen-bond acceptors (Lipinski definition) is 4. The Kier molecular flexibility index (Phi) is 5.78. The molecular formula is C19H26N4OS. The summed E-state index contributed by atoms with van der Waals surface area (Å²) in [5.74, 6) is 2.67. The van der Waals surface area contributed by atoms with Gasteiger partial charge in [0.15, 0.2) is 5.16 Å². The van der Waals surface area contributed by atoms with Gasteiger partial charge in [0.25, 0.3) is 0 Å². The molecule has 1 fully saturated rings. The molecule has 25 heavy (non-hydrogen) atoms. The first-order chi connectivity index (χ1) is 12.0. The first-order valence-electron chi connectivity index (χ1n) is 8.87. The van der Waals surface area contributed by atoms with Crippen LogP contribution in [-0.4, -0.2) is 44.4 Å². The minimum Gasteiger partial charge on any atom is -0.341 e. The van der Waals surface area contributed by atoms with Crippen LogP contribution in [0.4, 0.5) is 0 Å². The zero-order valence-electron chi connectivity index (χ0n) is 15.2. The van der Waals surface area contributed by atoms with Gasteiger partial charge in [0.2, 0.25) is 5.91 Å². The molecule has 1 amide bonds. The Balaban J connectivity index is 1.63. The van der Waals surface area contributed by atoms with E-state index < -0.39 is 0 Å². The van der Waals surface area contributed by atoms with Crippen LogP contribution in [0, 0.1) is 18.8 Å². The lowest BCUT2D eigenvalue weighted by molar-refractivity contribution is -0.130. The lowest BCUT2D eigenvalue weighted by Gasteiger charge is -2.34. The van der Waals surface area contributed by atoms with Crippen LogP contribution in [-0.2, 0) is 11.3 Å². The standard InChI is InChI=1S/C19H26N4OS/c1-14-9-15(2)11-22(10-14)18(24)13-25-19-21-20-16(3)23(19)12-17-7-5-4-6-8-17/h4-8,14-15H,9-13H2,1-3H3/t14-,15-/m1/s1. The monoisotopic (exact) mass is 358 g/mol. The van der Waals surface area contributed by atoms with Crippen LogP contribution in [0.1, 0.15) is 31.7 Å². The number of nitrogens with zero attached hydrogens (tertiary/aromatic N) is 4. The quantitative estimate of drug-likeness (QED) is 0.770.